The van der Waals surface area contributed by atoms with Gasteiger partial charge in [0.2, 0.25) is 5.91 Å². The van der Waals surface area contributed by atoms with Crippen LogP contribution in [-0.4, -0.2) is 37.6 Å². The maximum atomic E-state index is 13.1. The molecule has 1 aromatic carbocycles. The van der Waals surface area contributed by atoms with Crippen LogP contribution in [0.25, 0.3) is 0 Å². The number of ether oxygens (including phenoxy) is 2. The third kappa shape index (κ3) is 4.82. The predicted octanol–water partition coefficient (Wildman–Crippen LogP) is 4.39. The van der Waals surface area contributed by atoms with Crippen molar-refractivity contribution in [3.63, 3.8) is 0 Å². The zero-order valence-corrected chi connectivity index (χ0v) is 16.5. The van der Waals surface area contributed by atoms with Gasteiger partial charge in [-0.15, -0.1) is 13.2 Å². The average Bonchev–Trinajstić information content (AvgIpc) is 3.47. The van der Waals surface area contributed by atoms with Gasteiger partial charge in [0.05, 0.1) is 5.41 Å². The Kier molecular flexibility index (Phi) is 5.55. The normalized spacial score (nSPS) is 26.7. The minimum absolute atomic E-state index is 0.0105. The molecule has 0 bridgehead atoms. The number of alkyl carbamates (subject to hydrolysis) is 1. The zero-order chi connectivity index (χ0) is 21.4. The lowest BCUT2D eigenvalue weighted by Gasteiger charge is -2.35. The quantitative estimate of drug-likeness (QED) is 0.759. The molecule has 1 heterocycles. The summed E-state index contributed by atoms with van der Waals surface area (Å²) < 4.78 is 46.3. The van der Waals surface area contributed by atoms with Gasteiger partial charge in [0.15, 0.2) is 0 Å². The molecule has 3 fully saturated rings. The van der Waals surface area contributed by atoms with Gasteiger partial charge in [-0.1, -0.05) is 0 Å². The van der Waals surface area contributed by atoms with Crippen LogP contribution in [-0.2, 0) is 9.53 Å². The maximum Gasteiger partial charge on any atom is 0.573 e. The summed E-state index contributed by atoms with van der Waals surface area (Å²) in [6, 6.07) is 5.37. The molecule has 0 radical (unpaired) electrons. The van der Waals surface area contributed by atoms with Crippen LogP contribution >= 0.6 is 0 Å². The summed E-state index contributed by atoms with van der Waals surface area (Å²) in [7, 11) is 0. The molecule has 30 heavy (non-hydrogen) atoms. The number of halogens is 3. The summed E-state index contributed by atoms with van der Waals surface area (Å²) in [6.07, 6.45) is 0.225. The summed E-state index contributed by atoms with van der Waals surface area (Å²) in [5, 5.41) is 2.79. The van der Waals surface area contributed by atoms with E-state index in [2.05, 4.69) is 10.1 Å². The van der Waals surface area contributed by atoms with Crippen LogP contribution < -0.4 is 15.0 Å². The lowest BCUT2D eigenvalue weighted by molar-refractivity contribution is -0.274. The van der Waals surface area contributed by atoms with Crippen molar-refractivity contribution in [2.75, 3.05) is 18.0 Å². The molecule has 2 amide bonds. The van der Waals surface area contributed by atoms with E-state index in [1.807, 2.05) is 0 Å². The molecule has 0 aromatic heterocycles. The summed E-state index contributed by atoms with van der Waals surface area (Å²) in [5.74, 6) is 0.261. The first-order valence-corrected chi connectivity index (χ1v) is 10.4. The van der Waals surface area contributed by atoms with E-state index in [9.17, 15) is 22.8 Å². The van der Waals surface area contributed by atoms with Crippen LogP contribution in [0.1, 0.15) is 44.9 Å². The Bertz CT molecular complexity index is 784. The minimum atomic E-state index is -4.75. The summed E-state index contributed by atoms with van der Waals surface area (Å²) >= 11 is 0. The van der Waals surface area contributed by atoms with Crippen molar-refractivity contribution in [3.8, 4) is 5.75 Å². The lowest BCUT2D eigenvalue weighted by Crippen LogP contribution is -2.40. The Balaban J connectivity index is 1.30. The fourth-order valence-corrected chi connectivity index (χ4v) is 4.36. The Morgan fingerprint density at radius 3 is 2.37 bits per heavy atom. The number of carbonyl (C=O) groups is 2. The van der Waals surface area contributed by atoms with Gasteiger partial charge < -0.3 is 19.7 Å². The Morgan fingerprint density at radius 1 is 1.10 bits per heavy atom. The topological polar surface area (TPSA) is 67.9 Å². The number of hydrogen-bond donors (Lipinski definition) is 1. The Morgan fingerprint density at radius 2 is 1.77 bits per heavy atom. The second-order valence-corrected chi connectivity index (χ2v) is 8.46. The van der Waals surface area contributed by atoms with Gasteiger partial charge in [0.1, 0.15) is 11.9 Å². The number of nitrogens with one attached hydrogen (secondary N) is 1. The second-order valence-electron chi connectivity index (χ2n) is 8.46. The molecule has 0 atom stereocenters. The first kappa shape index (κ1) is 20.8. The molecule has 2 aliphatic carbocycles. The van der Waals surface area contributed by atoms with Crippen LogP contribution in [0.15, 0.2) is 24.3 Å². The summed E-state index contributed by atoms with van der Waals surface area (Å²) in [4.78, 5) is 26.6. The molecule has 1 N–H and O–H groups in total. The molecule has 6 nitrogen and oxygen atoms in total. The SMILES string of the molecule is O=C(NCC1CC1)O[C@H]1CC[C@]2(CCN(c3ccc(OC(F)(F)F)cc3)C2=O)CC1. The van der Waals surface area contributed by atoms with Crippen molar-refractivity contribution in [2.24, 2.45) is 11.3 Å². The molecule has 1 spiro atoms. The second kappa shape index (κ2) is 8.00. The predicted molar refractivity (Wildman–Crippen MR) is 102 cm³/mol. The highest BCUT2D eigenvalue weighted by atomic mass is 19.4. The van der Waals surface area contributed by atoms with Gasteiger partial charge in [-0.2, -0.15) is 0 Å². The van der Waals surface area contributed by atoms with Crippen LogP contribution in [0.5, 0.6) is 5.75 Å². The van der Waals surface area contributed by atoms with E-state index in [1.165, 1.54) is 24.3 Å². The first-order valence-electron chi connectivity index (χ1n) is 10.4. The van der Waals surface area contributed by atoms with E-state index >= 15 is 0 Å². The van der Waals surface area contributed by atoms with Gasteiger partial charge in [-0.25, -0.2) is 4.79 Å². The number of amides is 2. The van der Waals surface area contributed by atoms with Crippen LogP contribution in [0.4, 0.5) is 23.7 Å². The number of hydrogen-bond acceptors (Lipinski definition) is 4. The van der Waals surface area contributed by atoms with Crippen molar-refractivity contribution in [3.05, 3.63) is 24.3 Å². The molecule has 1 aliphatic heterocycles. The molecule has 0 unspecified atom stereocenters. The molecular formula is C21H25F3N2O4. The molecule has 164 valence electrons. The number of alkyl halides is 3. The van der Waals surface area contributed by atoms with Gasteiger partial charge in [0, 0.05) is 18.8 Å². The molecule has 2 saturated carbocycles. The standard InChI is InChI=1S/C21H25F3N2O4/c22-21(23,24)30-17-5-3-15(4-6-17)26-12-11-20(18(26)27)9-7-16(8-10-20)29-19(28)25-13-14-1-2-14/h3-6,14,16H,1-2,7-13H2,(H,25,28)/t16-,20+. The monoisotopic (exact) mass is 426 g/mol. The van der Waals surface area contributed by atoms with E-state index in [1.54, 1.807) is 4.90 Å². The van der Waals surface area contributed by atoms with Crippen LogP contribution in [0.2, 0.25) is 0 Å². The number of benzene rings is 1. The van der Waals surface area contributed by atoms with E-state index in [4.69, 9.17) is 4.74 Å². The molecule has 1 aromatic rings. The van der Waals surface area contributed by atoms with Gasteiger partial charge >= 0.3 is 12.5 Å². The van der Waals surface area contributed by atoms with Crippen molar-refractivity contribution in [1.29, 1.82) is 0 Å². The molecular weight excluding hydrogens is 401 g/mol. The van der Waals surface area contributed by atoms with E-state index in [-0.39, 0.29) is 23.9 Å². The molecule has 3 aliphatic rings. The molecule has 9 heteroatoms. The van der Waals surface area contributed by atoms with Gasteiger partial charge in [-0.05, 0) is 75.1 Å². The van der Waals surface area contributed by atoms with Crippen molar-refractivity contribution >= 4 is 17.7 Å². The van der Waals surface area contributed by atoms with Crippen LogP contribution in [0.3, 0.4) is 0 Å². The van der Waals surface area contributed by atoms with E-state index in [0.717, 1.165) is 12.8 Å². The fourth-order valence-electron chi connectivity index (χ4n) is 4.36. The number of anilines is 1. The summed E-state index contributed by atoms with van der Waals surface area (Å²) in [5.41, 5.74) is 0.0788. The third-order valence-corrected chi connectivity index (χ3v) is 6.29. The van der Waals surface area contributed by atoms with E-state index < -0.39 is 11.8 Å². The molecule has 4 rings (SSSR count). The fraction of sp³-hybridized carbons (Fsp3) is 0.619. The largest absolute Gasteiger partial charge is 0.573 e. The minimum Gasteiger partial charge on any atom is -0.446 e. The van der Waals surface area contributed by atoms with E-state index in [0.29, 0.717) is 56.8 Å². The number of nitrogens with zero attached hydrogens (tertiary/aromatic N) is 1. The first-order chi connectivity index (χ1) is 14.2. The van der Waals surface area contributed by atoms with Crippen molar-refractivity contribution in [1.82, 2.24) is 5.32 Å². The highest BCUT2D eigenvalue weighted by Gasteiger charge is 2.49. The highest BCUT2D eigenvalue weighted by Crippen LogP contribution is 2.46. The maximum absolute atomic E-state index is 13.1. The lowest BCUT2D eigenvalue weighted by atomic mass is 9.72. The third-order valence-electron chi connectivity index (χ3n) is 6.29. The van der Waals surface area contributed by atoms with Crippen molar-refractivity contribution in [2.45, 2.75) is 57.4 Å². The van der Waals surface area contributed by atoms with Gasteiger partial charge in [-0.3, -0.25) is 4.79 Å². The van der Waals surface area contributed by atoms with Crippen LogP contribution in [0, 0.1) is 11.3 Å². The zero-order valence-electron chi connectivity index (χ0n) is 16.5. The van der Waals surface area contributed by atoms with Gasteiger partial charge in [0.25, 0.3) is 0 Å². The highest BCUT2D eigenvalue weighted by molar-refractivity contribution is 6.00. The molecule has 1 saturated heterocycles. The smallest absolute Gasteiger partial charge is 0.446 e. The number of carbonyl (C=O) groups excluding carboxylic acids is 2. The average molecular weight is 426 g/mol. The Labute approximate surface area is 172 Å². The Hall–Kier alpha value is -2.45. The summed E-state index contributed by atoms with van der Waals surface area (Å²) in [6.45, 7) is 1.18. The van der Waals surface area contributed by atoms with Crippen molar-refractivity contribution < 1.29 is 32.2 Å². The number of rotatable bonds is 5.